The third kappa shape index (κ3) is 3.45. The molecular formula is C13H12BrClN2. The highest BCUT2D eigenvalue weighted by molar-refractivity contribution is 9.10. The van der Waals surface area contributed by atoms with Crippen LogP contribution in [0.5, 0.6) is 0 Å². The van der Waals surface area contributed by atoms with Crippen LogP contribution in [-0.4, -0.2) is 4.98 Å². The van der Waals surface area contributed by atoms with E-state index in [1.165, 1.54) is 5.56 Å². The van der Waals surface area contributed by atoms with Crippen molar-refractivity contribution in [3.8, 4) is 0 Å². The highest BCUT2D eigenvalue weighted by Crippen LogP contribution is 2.17. The first-order valence-corrected chi connectivity index (χ1v) is 6.44. The van der Waals surface area contributed by atoms with Gasteiger partial charge >= 0.3 is 0 Å². The summed E-state index contributed by atoms with van der Waals surface area (Å²) in [5.41, 5.74) is 2.16. The van der Waals surface area contributed by atoms with Crippen molar-refractivity contribution in [1.29, 1.82) is 0 Å². The fourth-order valence-electron chi connectivity index (χ4n) is 1.44. The van der Waals surface area contributed by atoms with Crippen molar-refractivity contribution in [2.24, 2.45) is 0 Å². The van der Waals surface area contributed by atoms with E-state index < -0.39 is 0 Å². The molecule has 0 spiro atoms. The lowest BCUT2D eigenvalue weighted by molar-refractivity contribution is 1.08. The van der Waals surface area contributed by atoms with E-state index in [0.29, 0.717) is 0 Å². The van der Waals surface area contributed by atoms with Gasteiger partial charge in [0.05, 0.1) is 5.69 Å². The molecule has 0 bridgehead atoms. The van der Waals surface area contributed by atoms with E-state index in [1.54, 1.807) is 0 Å². The molecule has 0 amide bonds. The Hall–Kier alpha value is -1.06. The molecule has 1 aromatic heterocycles. The number of nitrogens with zero attached hydrogens (tertiary/aromatic N) is 1. The average molecular weight is 312 g/mol. The molecule has 1 N–H and O–H groups in total. The molecule has 88 valence electrons. The second kappa shape index (κ2) is 5.52. The number of aromatic nitrogens is 1. The lowest BCUT2D eigenvalue weighted by Crippen LogP contribution is -2.01. The second-order valence-electron chi connectivity index (χ2n) is 3.74. The summed E-state index contributed by atoms with van der Waals surface area (Å²) in [6.07, 6.45) is 0. The van der Waals surface area contributed by atoms with E-state index in [0.717, 1.165) is 27.6 Å². The van der Waals surface area contributed by atoms with Crippen LogP contribution in [0.25, 0.3) is 0 Å². The van der Waals surface area contributed by atoms with E-state index in [4.69, 9.17) is 11.6 Å². The summed E-state index contributed by atoms with van der Waals surface area (Å²) in [5.74, 6) is 0.876. The number of hydrogen-bond donors (Lipinski definition) is 1. The molecule has 2 aromatic rings. The summed E-state index contributed by atoms with van der Waals surface area (Å²) in [4.78, 5) is 4.42. The molecule has 0 aliphatic rings. The van der Waals surface area contributed by atoms with Gasteiger partial charge < -0.3 is 5.32 Å². The number of nitrogens with one attached hydrogen (secondary N) is 1. The van der Waals surface area contributed by atoms with Gasteiger partial charge in [0.25, 0.3) is 0 Å². The molecule has 0 saturated heterocycles. The maximum absolute atomic E-state index is 5.83. The quantitative estimate of drug-likeness (QED) is 0.907. The summed E-state index contributed by atoms with van der Waals surface area (Å²) in [5, 5.41) is 4.03. The zero-order valence-electron chi connectivity index (χ0n) is 9.37. The average Bonchev–Trinajstić information content (AvgIpc) is 2.33. The maximum Gasteiger partial charge on any atom is 0.126 e. The molecule has 0 fully saturated rings. The standard InChI is InChI=1S/C13H12BrClN2/c1-9-12(14)6-7-13(17-9)16-8-10-2-4-11(15)5-3-10/h2-7H,8H2,1H3,(H,16,17). The normalized spacial score (nSPS) is 10.3. The fraction of sp³-hybridized carbons (Fsp3) is 0.154. The highest BCUT2D eigenvalue weighted by Gasteiger charge is 1.99. The number of anilines is 1. The molecule has 0 unspecified atom stereocenters. The predicted octanol–water partition coefficient (Wildman–Crippen LogP) is 4.42. The van der Waals surface area contributed by atoms with Gasteiger partial charge in [0, 0.05) is 16.0 Å². The van der Waals surface area contributed by atoms with Crippen LogP contribution in [0.15, 0.2) is 40.9 Å². The van der Waals surface area contributed by atoms with Gasteiger partial charge in [0.15, 0.2) is 0 Å². The van der Waals surface area contributed by atoms with Gasteiger partial charge in [0.1, 0.15) is 5.82 Å². The minimum Gasteiger partial charge on any atom is -0.366 e. The Bertz CT molecular complexity index is 511. The summed E-state index contributed by atoms with van der Waals surface area (Å²) >= 11 is 9.26. The van der Waals surface area contributed by atoms with Crippen LogP contribution in [0.4, 0.5) is 5.82 Å². The first-order valence-electron chi connectivity index (χ1n) is 5.26. The third-order valence-electron chi connectivity index (χ3n) is 2.41. The topological polar surface area (TPSA) is 24.9 Å². The van der Waals surface area contributed by atoms with Gasteiger partial charge in [-0.2, -0.15) is 0 Å². The van der Waals surface area contributed by atoms with Crippen LogP contribution in [0.2, 0.25) is 5.02 Å². The first-order chi connectivity index (χ1) is 8.15. The molecule has 0 aliphatic carbocycles. The molecule has 2 nitrogen and oxygen atoms in total. The Morgan fingerprint density at radius 1 is 1.18 bits per heavy atom. The van der Waals surface area contributed by atoms with Crippen molar-refractivity contribution in [1.82, 2.24) is 4.98 Å². The van der Waals surface area contributed by atoms with Gasteiger partial charge in [-0.3, -0.25) is 0 Å². The molecule has 0 radical (unpaired) electrons. The molecule has 1 heterocycles. The second-order valence-corrected chi connectivity index (χ2v) is 5.03. The van der Waals surface area contributed by atoms with Gasteiger partial charge in [0.2, 0.25) is 0 Å². The van der Waals surface area contributed by atoms with Crippen molar-refractivity contribution in [2.75, 3.05) is 5.32 Å². The summed E-state index contributed by atoms with van der Waals surface area (Å²) in [6, 6.07) is 11.7. The molecule has 2 rings (SSSR count). The number of halogens is 2. The van der Waals surface area contributed by atoms with Crippen molar-refractivity contribution < 1.29 is 0 Å². The Kier molecular flexibility index (Phi) is 4.02. The van der Waals surface area contributed by atoms with Gasteiger partial charge in [-0.1, -0.05) is 23.7 Å². The van der Waals surface area contributed by atoms with Crippen LogP contribution < -0.4 is 5.32 Å². The lowest BCUT2D eigenvalue weighted by atomic mass is 10.2. The lowest BCUT2D eigenvalue weighted by Gasteiger charge is -2.07. The van der Waals surface area contributed by atoms with Crippen LogP contribution >= 0.6 is 27.5 Å². The summed E-state index contributed by atoms with van der Waals surface area (Å²) in [6.45, 7) is 2.71. The molecule has 0 saturated carbocycles. The molecule has 1 aromatic carbocycles. The molecule has 17 heavy (non-hydrogen) atoms. The van der Waals surface area contributed by atoms with Crippen molar-refractivity contribution in [3.63, 3.8) is 0 Å². The zero-order valence-corrected chi connectivity index (χ0v) is 11.7. The van der Waals surface area contributed by atoms with Gasteiger partial charge in [-0.05, 0) is 52.7 Å². The Labute approximate surface area is 114 Å². The zero-order chi connectivity index (χ0) is 12.3. The number of hydrogen-bond acceptors (Lipinski definition) is 2. The fourth-order valence-corrected chi connectivity index (χ4v) is 1.78. The van der Waals surface area contributed by atoms with E-state index in [-0.39, 0.29) is 0 Å². The Balaban J connectivity index is 2.02. The maximum atomic E-state index is 5.83. The first kappa shape index (κ1) is 12.4. The minimum atomic E-state index is 0.741. The van der Waals surface area contributed by atoms with Gasteiger partial charge in [-0.25, -0.2) is 4.98 Å². The molecule has 0 atom stereocenters. The summed E-state index contributed by atoms with van der Waals surface area (Å²) in [7, 11) is 0. The highest BCUT2D eigenvalue weighted by atomic mass is 79.9. The Morgan fingerprint density at radius 3 is 2.53 bits per heavy atom. The minimum absolute atomic E-state index is 0.741. The molecule has 0 aliphatic heterocycles. The predicted molar refractivity (Wildman–Crippen MR) is 75.5 cm³/mol. The van der Waals surface area contributed by atoms with E-state index in [1.807, 2.05) is 43.3 Å². The van der Waals surface area contributed by atoms with E-state index >= 15 is 0 Å². The monoisotopic (exact) mass is 310 g/mol. The van der Waals surface area contributed by atoms with Gasteiger partial charge in [-0.15, -0.1) is 0 Å². The Morgan fingerprint density at radius 2 is 1.88 bits per heavy atom. The van der Waals surface area contributed by atoms with Crippen LogP contribution in [-0.2, 0) is 6.54 Å². The van der Waals surface area contributed by atoms with Crippen LogP contribution in [0.1, 0.15) is 11.3 Å². The van der Waals surface area contributed by atoms with Crippen molar-refractivity contribution in [2.45, 2.75) is 13.5 Å². The smallest absolute Gasteiger partial charge is 0.126 e. The number of benzene rings is 1. The summed E-state index contributed by atoms with van der Waals surface area (Å²) < 4.78 is 1.02. The largest absolute Gasteiger partial charge is 0.366 e. The SMILES string of the molecule is Cc1nc(NCc2ccc(Cl)cc2)ccc1Br. The van der Waals surface area contributed by atoms with Crippen LogP contribution in [0.3, 0.4) is 0 Å². The third-order valence-corrected chi connectivity index (χ3v) is 3.50. The van der Waals surface area contributed by atoms with Crippen molar-refractivity contribution >= 4 is 33.3 Å². The number of pyridine rings is 1. The number of aryl methyl sites for hydroxylation is 1. The van der Waals surface area contributed by atoms with E-state index in [2.05, 4.69) is 26.2 Å². The molecular weight excluding hydrogens is 300 g/mol. The number of rotatable bonds is 3. The van der Waals surface area contributed by atoms with E-state index in [9.17, 15) is 0 Å². The molecule has 4 heteroatoms. The van der Waals surface area contributed by atoms with Crippen LogP contribution in [0, 0.1) is 6.92 Å². The van der Waals surface area contributed by atoms with Crippen molar-refractivity contribution in [3.05, 3.63) is 57.2 Å².